The van der Waals surface area contributed by atoms with E-state index >= 15 is 0 Å². The molecule has 1 aromatic carbocycles. The highest BCUT2D eigenvalue weighted by Gasteiger charge is 2.27. The molecule has 0 atom stereocenters. The molecule has 1 amide bonds. The van der Waals surface area contributed by atoms with E-state index in [1.807, 2.05) is 36.5 Å². The number of amides is 1. The van der Waals surface area contributed by atoms with E-state index in [4.69, 9.17) is 0 Å². The predicted octanol–water partition coefficient (Wildman–Crippen LogP) is 3.12. The van der Waals surface area contributed by atoms with E-state index in [-0.39, 0.29) is 18.9 Å². The van der Waals surface area contributed by atoms with Gasteiger partial charge in [0, 0.05) is 31.2 Å². The van der Waals surface area contributed by atoms with Crippen LogP contribution in [0.4, 0.5) is 13.2 Å². The average Bonchev–Trinajstić information content (AvgIpc) is 2.91. The van der Waals surface area contributed by atoms with Gasteiger partial charge in [-0.1, -0.05) is 18.2 Å². The van der Waals surface area contributed by atoms with Crippen LogP contribution in [-0.4, -0.2) is 36.4 Å². The molecular formula is C16H19F3N2O2. The number of benzene rings is 1. The van der Waals surface area contributed by atoms with E-state index in [0.29, 0.717) is 6.54 Å². The van der Waals surface area contributed by atoms with Crippen LogP contribution >= 0.6 is 0 Å². The maximum absolute atomic E-state index is 11.8. The van der Waals surface area contributed by atoms with E-state index < -0.39 is 12.8 Å². The Morgan fingerprint density at radius 3 is 2.78 bits per heavy atom. The lowest BCUT2D eigenvalue weighted by molar-refractivity contribution is -0.174. The fourth-order valence-electron chi connectivity index (χ4n) is 2.25. The minimum absolute atomic E-state index is 0.0669. The van der Waals surface area contributed by atoms with Gasteiger partial charge in [-0.2, -0.15) is 13.2 Å². The lowest BCUT2D eigenvalue weighted by atomic mass is 10.2. The molecule has 0 aliphatic carbocycles. The van der Waals surface area contributed by atoms with Gasteiger partial charge in [-0.3, -0.25) is 4.79 Å². The first kappa shape index (κ1) is 17.3. The van der Waals surface area contributed by atoms with Gasteiger partial charge in [0.15, 0.2) is 0 Å². The second-order valence-corrected chi connectivity index (χ2v) is 5.19. The third-order valence-electron chi connectivity index (χ3n) is 3.32. The molecule has 0 aliphatic heterocycles. The molecule has 2 aromatic rings. The summed E-state index contributed by atoms with van der Waals surface area (Å²) in [4.78, 5) is 11.5. The number of carbonyl (C=O) groups is 1. The zero-order chi connectivity index (χ0) is 16.7. The van der Waals surface area contributed by atoms with Crippen LogP contribution in [0.1, 0.15) is 12.8 Å². The molecule has 1 N–H and O–H groups in total. The topological polar surface area (TPSA) is 43.3 Å². The first-order chi connectivity index (χ1) is 11.0. The predicted molar refractivity (Wildman–Crippen MR) is 81.1 cm³/mol. The molecule has 1 heterocycles. The summed E-state index contributed by atoms with van der Waals surface area (Å²) < 4.78 is 42.0. The highest BCUT2D eigenvalue weighted by atomic mass is 19.4. The van der Waals surface area contributed by atoms with Crippen molar-refractivity contribution in [1.29, 1.82) is 0 Å². The largest absolute Gasteiger partial charge is 0.411 e. The first-order valence-electron chi connectivity index (χ1n) is 7.41. The quantitative estimate of drug-likeness (QED) is 0.757. The number of ether oxygens (including phenoxy) is 1. The third-order valence-corrected chi connectivity index (χ3v) is 3.32. The monoisotopic (exact) mass is 328 g/mol. The zero-order valence-corrected chi connectivity index (χ0v) is 12.6. The number of nitrogens with zero attached hydrogens (tertiary/aromatic N) is 1. The highest BCUT2D eigenvalue weighted by molar-refractivity contribution is 5.79. The summed E-state index contributed by atoms with van der Waals surface area (Å²) in [5.41, 5.74) is 1.14. The number of hydrogen-bond donors (Lipinski definition) is 1. The number of hydrogen-bond acceptors (Lipinski definition) is 2. The van der Waals surface area contributed by atoms with Crippen molar-refractivity contribution in [1.82, 2.24) is 9.88 Å². The van der Waals surface area contributed by atoms with Gasteiger partial charge in [0.2, 0.25) is 5.91 Å². The van der Waals surface area contributed by atoms with Crippen molar-refractivity contribution in [2.24, 2.45) is 0 Å². The summed E-state index contributed by atoms with van der Waals surface area (Å²) >= 11 is 0. The number of alkyl halides is 3. The zero-order valence-electron chi connectivity index (χ0n) is 12.6. The van der Waals surface area contributed by atoms with Crippen LogP contribution in [0.25, 0.3) is 10.9 Å². The number of halogens is 3. The van der Waals surface area contributed by atoms with Gasteiger partial charge < -0.3 is 14.6 Å². The van der Waals surface area contributed by atoms with Crippen molar-refractivity contribution >= 4 is 16.8 Å². The molecule has 4 nitrogen and oxygen atoms in total. The van der Waals surface area contributed by atoms with E-state index in [1.165, 1.54) is 5.39 Å². The van der Waals surface area contributed by atoms with Gasteiger partial charge in [0.05, 0.1) is 6.61 Å². The molecule has 0 fully saturated rings. The molecule has 1 aromatic heterocycles. The fraction of sp³-hybridized carbons (Fsp3) is 0.438. The van der Waals surface area contributed by atoms with E-state index in [1.54, 1.807) is 0 Å². The van der Waals surface area contributed by atoms with Crippen molar-refractivity contribution in [3.63, 3.8) is 0 Å². The average molecular weight is 328 g/mol. The fourth-order valence-corrected chi connectivity index (χ4v) is 2.25. The van der Waals surface area contributed by atoms with Crippen molar-refractivity contribution in [3.8, 4) is 0 Å². The number of para-hydroxylation sites is 1. The number of nitrogens with one attached hydrogen (secondary N) is 1. The summed E-state index contributed by atoms with van der Waals surface area (Å²) in [5, 5.41) is 3.84. The van der Waals surface area contributed by atoms with Crippen LogP contribution in [-0.2, 0) is 16.1 Å². The van der Waals surface area contributed by atoms with Gasteiger partial charge in [0.1, 0.15) is 6.61 Å². The Morgan fingerprint density at radius 1 is 1.22 bits per heavy atom. The van der Waals surface area contributed by atoms with Crippen molar-refractivity contribution in [2.45, 2.75) is 25.6 Å². The minimum atomic E-state index is -4.35. The summed E-state index contributed by atoms with van der Waals surface area (Å²) in [5.74, 6) is -0.301. The molecule has 0 radical (unpaired) electrons. The first-order valence-corrected chi connectivity index (χ1v) is 7.41. The summed E-state index contributed by atoms with van der Waals surface area (Å²) in [6.45, 7) is -0.308. The summed E-state index contributed by atoms with van der Waals surface area (Å²) in [6.07, 6.45) is -1.68. The van der Waals surface area contributed by atoms with Crippen molar-refractivity contribution in [2.75, 3.05) is 19.8 Å². The number of aryl methyl sites for hydroxylation is 1. The van der Waals surface area contributed by atoms with Gasteiger partial charge in [0.25, 0.3) is 0 Å². The molecule has 7 heteroatoms. The lowest BCUT2D eigenvalue weighted by Crippen LogP contribution is -2.27. The number of aromatic nitrogens is 1. The maximum atomic E-state index is 11.8. The van der Waals surface area contributed by atoms with Crippen LogP contribution in [0.2, 0.25) is 0 Å². The van der Waals surface area contributed by atoms with Gasteiger partial charge in [-0.15, -0.1) is 0 Å². The van der Waals surface area contributed by atoms with E-state index in [0.717, 1.165) is 18.5 Å². The van der Waals surface area contributed by atoms with Crippen LogP contribution in [0, 0.1) is 0 Å². The Bertz CT molecular complexity index is 638. The molecular weight excluding hydrogens is 309 g/mol. The lowest BCUT2D eigenvalue weighted by Gasteiger charge is -2.09. The Hall–Kier alpha value is -2.02. The SMILES string of the molecule is O=C(CCOCC(F)(F)F)NCCCn1ccc2ccccc21. The molecule has 0 aliphatic rings. The van der Waals surface area contributed by atoms with Crippen LogP contribution in [0.3, 0.4) is 0 Å². The molecule has 126 valence electrons. The minimum Gasteiger partial charge on any atom is -0.372 e. The summed E-state index contributed by atoms with van der Waals surface area (Å²) in [6, 6.07) is 10.1. The Labute approximate surface area is 132 Å². The van der Waals surface area contributed by atoms with Crippen molar-refractivity contribution < 1.29 is 22.7 Å². The van der Waals surface area contributed by atoms with Crippen molar-refractivity contribution in [3.05, 3.63) is 36.5 Å². The smallest absolute Gasteiger partial charge is 0.372 e. The molecule has 0 spiro atoms. The number of rotatable bonds is 8. The Kier molecular flexibility index (Phi) is 6.04. The van der Waals surface area contributed by atoms with E-state index in [2.05, 4.69) is 14.6 Å². The molecule has 0 saturated heterocycles. The van der Waals surface area contributed by atoms with Crippen LogP contribution in [0.5, 0.6) is 0 Å². The third kappa shape index (κ3) is 5.94. The molecule has 2 rings (SSSR count). The van der Waals surface area contributed by atoms with Crippen LogP contribution in [0.15, 0.2) is 36.5 Å². The van der Waals surface area contributed by atoms with Crippen LogP contribution < -0.4 is 5.32 Å². The number of fused-ring (bicyclic) bond motifs is 1. The van der Waals surface area contributed by atoms with Gasteiger partial charge >= 0.3 is 6.18 Å². The van der Waals surface area contributed by atoms with E-state index in [9.17, 15) is 18.0 Å². The normalized spacial score (nSPS) is 11.8. The summed E-state index contributed by atoms with van der Waals surface area (Å²) in [7, 11) is 0. The molecule has 0 unspecified atom stereocenters. The Balaban J connectivity index is 1.61. The standard InChI is InChI=1S/C16H19F3N2O2/c17-16(18,19)12-23-11-7-15(22)20-8-3-9-21-10-6-13-4-1-2-5-14(13)21/h1-2,4-6,10H,3,7-9,11-12H2,(H,20,22). The van der Waals surface area contributed by atoms with Gasteiger partial charge in [-0.05, 0) is 23.9 Å². The second kappa shape index (κ2) is 8.01. The highest BCUT2D eigenvalue weighted by Crippen LogP contribution is 2.15. The maximum Gasteiger partial charge on any atom is 0.411 e. The molecule has 23 heavy (non-hydrogen) atoms. The molecule has 0 saturated carbocycles. The molecule has 0 bridgehead atoms. The van der Waals surface area contributed by atoms with Gasteiger partial charge in [-0.25, -0.2) is 0 Å². The number of carbonyl (C=O) groups excluding carboxylic acids is 1. The second-order valence-electron chi connectivity index (χ2n) is 5.19. The Morgan fingerprint density at radius 2 is 2.00 bits per heavy atom.